The molecule has 1 aliphatic heterocycles. The van der Waals surface area contributed by atoms with Gasteiger partial charge in [0.15, 0.2) is 5.96 Å². The second-order valence-electron chi connectivity index (χ2n) is 8.49. The first-order valence-corrected chi connectivity index (χ1v) is 11.6. The molecule has 0 saturated carbocycles. The van der Waals surface area contributed by atoms with E-state index in [4.69, 9.17) is 9.47 Å². The molecule has 0 aromatic heterocycles. The van der Waals surface area contributed by atoms with Crippen LogP contribution in [-0.2, 0) is 11.3 Å². The molecule has 2 aromatic carbocycles. The minimum absolute atomic E-state index is 0. The molecule has 6 nitrogen and oxygen atoms in total. The predicted octanol–water partition coefficient (Wildman–Crippen LogP) is 4.58. The molecule has 0 bridgehead atoms. The first-order valence-electron chi connectivity index (χ1n) is 11.6. The number of nitrogens with zero attached hydrogens (tertiary/aromatic N) is 1. The highest BCUT2D eigenvalue weighted by Gasteiger charge is 2.34. The number of nitrogens with one attached hydrogen (secondary N) is 3. The van der Waals surface area contributed by atoms with Gasteiger partial charge in [0, 0.05) is 50.5 Å². The van der Waals surface area contributed by atoms with Crippen molar-refractivity contribution in [3.05, 3.63) is 65.2 Å². The summed E-state index contributed by atoms with van der Waals surface area (Å²) in [6.45, 7) is 9.94. The molecule has 0 spiro atoms. The average Bonchev–Trinajstić information content (AvgIpc) is 2.81. The van der Waals surface area contributed by atoms with Crippen LogP contribution in [-0.4, -0.2) is 44.9 Å². The van der Waals surface area contributed by atoms with Crippen molar-refractivity contribution >= 4 is 29.9 Å². The lowest BCUT2D eigenvalue weighted by atomic mass is 9.88. The topological polar surface area (TPSA) is 66.9 Å². The van der Waals surface area contributed by atoms with E-state index < -0.39 is 0 Å². The molecule has 2 aromatic rings. The van der Waals surface area contributed by atoms with Crippen molar-refractivity contribution < 1.29 is 9.47 Å². The van der Waals surface area contributed by atoms with E-state index in [9.17, 15) is 0 Å². The monoisotopic (exact) mass is 566 g/mol. The van der Waals surface area contributed by atoms with Gasteiger partial charge in [0.05, 0.1) is 6.61 Å². The van der Waals surface area contributed by atoms with Gasteiger partial charge in [0.25, 0.3) is 0 Å². The van der Waals surface area contributed by atoms with Crippen molar-refractivity contribution in [1.82, 2.24) is 16.0 Å². The Morgan fingerprint density at radius 3 is 2.52 bits per heavy atom. The molecule has 1 fully saturated rings. The van der Waals surface area contributed by atoms with Crippen molar-refractivity contribution in [2.45, 2.75) is 51.7 Å². The summed E-state index contributed by atoms with van der Waals surface area (Å²) in [6.07, 6.45) is 1.92. The van der Waals surface area contributed by atoms with E-state index in [0.29, 0.717) is 13.2 Å². The maximum Gasteiger partial charge on any atom is 0.191 e. The van der Waals surface area contributed by atoms with Crippen LogP contribution in [0.25, 0.3) is 0 Å². The third-order valence-electron chi connectivity index (χ3n) is 6.06. The Morgan fingerprint density at radius 2 is 1.85 bits per heavy atom. The van der Waals surface area contributed by atoms with Gasteiger partial charge in [-0.2, -0.15) is 0 Å². The third-order valence-corrected chi connectivity index (χ3v) is 6.06. The fourth-order valence-electron chi connectivity index (χ4n) is 4.17. The molecule has 0 radical (unpaired) electrons. The lowest BCUT2D eigenvalue weighted by Crippen LogP contribution is -2.58. The number of halogens is 1. The van der Waals surface area contributed by atoms with Crippen LogP contribution in [0.4, 0.5) is 0 Å². The maximum absolute atomic E-state index is 5.82. The van der Waals surface area contributed by atoms with Gasteiger partial charge in [-0.1, -0.05) is 42.5 Å². The van der Waals surface area contributed by atoms with Crippen LogP contribution in [0.15, 0.2) is 53.5 Å². The second-order valence-corrected chi connectivity index (χ2v) is 8.49. The number of aryl methyl sites for hydroxylation is 1. The lowest BCUT2D eigenvalue weighted by molar-refractivity contribution is 0.0355. The fraction of sp³-hybridized carbons (Fsp3) is 0.500. The summed E-state index contributed by atoms with van der Waals surface area (Å²) in [5, 5.41) is 10.9. The molecule has 1 heterocycles. The van der Waals surface area contributed by atoms with Gasteiger partial charge in [-0.25, -0.2) is 0 Å². The summed E-state index contributed by atoms with van der Waals surface area (Å²) in [6, 6.07) is 17.2. The molecule has 7 heteroatoms. The minimum Gasteiger partial charge on any atom is -0.494 e. The Labute approximate surface area is 216 Å². The SMILES string of the molecule is CCOc1cc(C)ccc1CNC(=NC)NCC1(NC(C)c2ccccc2)CCOCC1.I. The number of rotatable bonds is 9. The quantitative estimate of drug-likeness (QED) is 0.236. The van der Waals surface area contributed by atoms with Crippen molar-refractivity contribution in [2.24, 2.45) is 4.99 Å². The molecule has 182 valence electrons. The van der Waals surface area contributed by atoms with Crippen LogP contribution in [0.2, 0.25) is 0 Å². The number of hydrogen-bond donors (Lipinski definition) is 3. The molecule has 1 aliphatic rings. The number of ether oxygens (including phenoxy) is 2. The predicted molar refractivity (Wildman–Crippen MR) is 147 cm³/mol. The van der Waals surface area contributed by atoms with Gasteiger partial charge >= 0.3 is 0 Å². The molecule has 3 N–H and O–H groups in total. The second kappa shape index (κ2) is 13.8. The van der Waals surface area contributed by atoms with E-state index in [1.165, 1.54) is 11.1 Å². The Kier molecular flexibility index (Phi) is 11.4. The summed E-state index contributed by atoms with van der Waals surface area (Å²) in [7, 11) is 1.81. The summed E-state index contributed by atoms with van der Waals surface area (Å²) in [4.78, 5) is 4.44. The van der Waals surface area contributed by atoms with E-state index in [-0.39, 0.29) is 35.6 Å². The molecule has 1 unspecified atom stereocenters. The van der Waals surface area contributed by atoms with Crippen LogP contribution in [0.5, 0.6) is 5.75 Å². The fourth-order valence-corrected chi connectivity index (χ4v) is 4.17. The first-order chi connectivity index (χ1) is 15.5. The number of aliphatic imine (C=N–C) groups is 1. The van der Waals surface area contributed by atoms with Gasteiger partial charge in [-0.3, -0.25) is 4.99 Å². The highest BCUT2D eigenvalue weighted by atomic mass is 127. The molecule has 1 atom stereocenters. The summed E-state index contributed by atoms with van der Waals surface area (Å²) in [5.74, 6) is 1.71. The van der Waals surface area contributed by atoms with Gasteiger partial charge in [-0.15, -0.1) is 24.0 Å². The largest absolute Gasteiger partial charge is 0.494 e. The highest BCUT2D eigenvalue weighted by Crippen LogP contribution is 2.25. The third kappa shape index (κ3) is 8.15. The highest BCUT2D eigenvalue weighted by molar-refractivity contribution is 14.0. The Bertz CT molecular complexity index is 870. The smallest absolute Gasteiger partial charge is 0.191 e. The summed E-state index contributed by atoms with van der Waals surface area (Å²) in [5.41, 5.74) is 3.56. The molecular weight excluding hydrogens is 527 g/mol. The van der Waals surface area contributed by atoms with Crippen molar-refractivity contribution in [2.75, 3.05) is 33.4 Å². The van der Waals surface area contributed by atoms with Gasteiger partial charge in [-0.05, 0) is 50.8 Å². The van der Waals surface area contributed by atoms with Crippen molar-refractivity contribution in [3.63, 3.8) is 0 Å². The minimum atomic E-state index is -0.0501. The Hall–Kier alpha value is -1.84. The number of hydrogen-bond acceptors (Lipinski definition) is 4. The van der Waals surface area contributed by atoms with Crippen LogP contribution in [0.1, 0.15) is 49.4 Å². The zero-order chi connectivity index (χ0) is 22.8. The van der Waals surface area contributed by atoms with Crippen molar-refractivity contribution in [1.29, 1.82) is 0 Å². The molecule has 1 saturated heterocycles. The van der Waals surface area contributed by atoms with E-state index in [2.05, 4.69) is 83.3 Å². The van der Waals surface area contributed by atoms with Gasteiger partial charge < -0.3 is 25.4 Å². The Balaban J connectivity index is 0.00000385. The lowest BCUT2D eigenvalue weighted by Gasteiger charge is -2.41. The van der Waals surface area contributed by atoms with Crippen molar-refractivity contribution in [3.8, 4) is 5.75 Å². The maximum atomic E-state index is 5.82. The van der Waals surface area contributed by atoms with Crippen LogP contribution in [0, 0.1) is 6.92 Å². The molecule has 0 aliphatic carbocycles. The van der Waals surface area contributed by atoms with E-state index in [1.54, 1.807) is 0 Å². The number of guanidine groups is 1. The normalized spacial score (nSPS) is 16.4. The van der Waals surface area contributed by atoms with E-state index in [1.807, 2.05) is 14.0 Å². The zero-order valence-electron chi connectivity index (χ0n) is 20.3. The summed E-state index contributed by atoms with van der Waals surface area (Å²) < 4.78 is 11.5. The Morgan fingerprint density at radius 1 is 1.12 bits per heavy atom. The van der Waals surface area contributed by atoms with Crippen LogP contribution < -0.4 is 20.7 Å². The first kappa shape index (κ1) is 27.4. The molecule has 0 amide bonds. The zero-order valence-corrected chi connectivity index (χ0v) is 22.6. The van der Waals surface area contributed by atoms with Crippen LogP contribution in [0.3, 0.4) is 0 Å². The molecule has 3 rings (SSSR count). The van der Waals surface area contributed by atoms with Gasteiger partial charge in [0.2, 0.25) is 0 Å². The summed E-state index contributed by atoms with van der Waals surface area (Å²) >= 11 is 0. The van der Waals surface area contributed by atoms with Crippen LogP contribution >= 0.6 is 24.0 Å². The van der Waals surface area contributed by atoms with Gasteiger partial charge in [0.1, 0.15) is 5.75 Å². The average molecular weight is 567 g/mol. The molecule has 33 heavy (non-hydrogen) atoms. The van der Waals surface area contributed by atoms with E-state index >= 15 is 0 Å². The molecular formula is C26H39IN4O2. The standard InChI is InChI=1S/C26H38N4O2.HI/c1-5-32-24-17-20(2)11-12-23(24)18-28-25(27-4)29-19-26(13-15-31-16-14-26)30-21(3)22-9-7-6-8-10-22;/h6-12,17,21,30H,5,13-16,18-19H2,1-4H3,(H2,27,28,29);1H. The number of benzene rings is 2. The van der Waals surface area contributed by atoms with E-state index in [0.717, 1.165) is 49.9 Å².